The van der Waals surface area contributed by atoms with Crippen LogP contribution in [0.15, 0.2) is 15.2 Å². The largest absolute Gasteiger partial charge is 0.137 e. The second-order valence-corrected chi connectivity index (χ2v) is 4.24. The summed E-state index contributed by atoms with van der Waals surface area (Å²) in [5.41, 5.74) is 1.34. The number of hydrogen-bond acceptors (Lipinski definition) is 1. The molecule has 0 aliphatic rings. The van der Waals surface area contributed by atoms with Crippen molar-refractivity contribution in [1.29, 1.82) is 0 Å². The molecule has 0 saturated heterocycles. The molecule has 1 aromatic rings. The molecule has 8 heavy (non-hydrogen) atoms. The number of hydrogen-bond donors (Lipinski definition) is 0. The molecular weight excluding hydrogens is 252 g/mol. The Morgan fingerprint density at radius 2 is 2.38 bits per heavy atom. The molecule has 0 amide bonds. The summed E-state index contributed by atoms with van der Waals surface area (Å²) in [7, 11) is 0. The van der Waals surface area contributed by atoms with Gasteiger partial charge in [0.2, 0.25) is 0 Å². The van der Waals surface area contributed by atoms with Crippen molar-refractivity contribution < 1.29 is 0 Å². The van der Waals surface area contributed by atoms with Crippen molar-refractivity contribution in [2.24, 2.45) is 0 Å². The SMILES string of the molecule is BrCc1csc(Br)c1. The van der Waals surface area contributed by atoms with E-state index in [9.17, 15) is 0 Å². The first-order valence-corrected chi connectivity index (χ1v) is 4.91. The average molecular weight is 256 g/mol. The molecular formula is C5H4Br2S. The van der Waals surface area contributed by atoms with Gasteiger partial charge in [-0.05, 0) is 32.9 Å². The summed E-state index contributed by atoms with van der Waals surface area (Å²) < 4.78 is 1.20. The van der Waals surface area contributed by atoms with Crippen LogP contribution in [0.4, 0.5) is 0 Å². The molecule has 3 heteroatoms. The standard InChI is InChI=1S/C5H4Br2S/c6-2-4-1-5(7)8-3-4/h1,3H,2H2. The minimum Gasteiger partial charge on any atom is -0.137 e. The van der Waals surface area contributed by atoms with Gasteiger partial charge in [0.05, 0.1) is 3.79 Å². The van der Waals surface area contributed by atoms with Gasteiger partial charge in [-0.25, -0.2) is 0 Å². The predicted molar refractivity (Wildman–Crippen MR) is 44.7 cm³/mol. The highest BCUT2D eigenvalue weighted by Crippen LogP contribution is 2.21. The second kappa shape index (κ2) is 2.99. The summed E-state index contributed by atoms with van der Waals surface area (Å²) in [5, 5.41) is 3.08. The molecule has 0 fully saturated rings. The Balaban J connectivity index is 2.84. The Hall–Kier alpha value is 0.660. The van der Waals surface area contributed by atoms with E-state index in [0.29, 0.717) is 0 Å². The molecule has 1 aromatic heterocycles. The van der Waals surface area contributed by atoms with Gasteiger partial charge in [0.15, 0.2) is 0 Å². The average Bonchev–Trinajstić information content (AvgIpc) is 2.14. The Labute approximate surface area is 69.2 Å². The lowest BCUT2D eigenvalue weighted by molar-refractivity contribution is 1.50. The third kappa shape index (κ3) is 1.57. The minimum absolute atomic E-state index is 0.953. The molecule has 0 aromatic carbocycles. The molecule has 1 rings (SSSR count). The van der Waals surface area contributed by atoms with Gasteiger partial charge in [-0.3, -0.25) is 0 Å². The van der Waals surface area contributed by atoms with Crippen LogP contribution in [-0.4, -0.2) is 0 Å². The number of alkyl halides is 1. The van der Waals surface area contributed by atoms with E-state index < -0.39 is 0 Å². The first-order chi connectivity index (χ1) is 3.83. The third-order valence-electron chi connectivity index (χ3n) is 0.776. The summed E-state index contributed by atoms with van der Waals surface area (Å²) in [4.78, 5) is 0. The molecule has 0 nitrogen and oxygen atoms in total. The van der Waals surface area contributed by atoms with E-state index in [0.717, 1.165) is 5.33 Å². The van der Waals surface area contributed by atoms with Crippen LogP contribution in [0.5, 0.6) is 0 Å². The summed E-state index contributed by atoms with van der Waals surface area (Å²) >= 11 is 8.44. The van der Waals surface area contributed by atoms with Gasteiger partial charge in [-0.1, -0.05) is 15.9 Å². The van der Waals surface area contributed by atoms with Crippen molar-refractivity contribution in [1.82, 2.24) is 0 Å². The van der Waals surface area contributed by atoms with Crippen LogP contribution in [0.3, 0.4) is 0 Å². The maximum Gasteiger partial charge on any atom is 0.0701 e. The Morgan fingerprint density at radius 3 is 2.62 bits per heavy atom. The minimum atomic E-state index is 0.953. The topological polar surface area (TPSA) is 0 Å². The number of rotatable bonds is 1. The summed E-state index contributed by atoms with van der Waals surface area (Å²) in [6.45, 7) is 0. The van der Waals surface area contributed by atoms with E-state index in [4.69, 9.17) is 0 Å². The highest BCUT2D eigenvalue weighted by molar-refractivity contribution is 9.11. The van der Waals surface area contributed by atoms with E-state index >= 15 is 0 Å². The van der Waals surface area contributed by atoms with Crippen LogP contribution in [0.2, 0.25) is 0 Å². The van der Waals surface area contributed by atoms with Gasteiger partial charge in [0, 0.05) is 5.33 Å². The maximum absolute atomic E-state index is 3.37. The Bertz CT molecular complexity index is 171. The van der Waals surface area contributed by atoms with Crippen molar-refractivity contribution >= 4 is 43.2 Å². The van der Waals surface area contributed by atoms with Gasteiger partial charge in [0.25, 0.3) is 0 Å². The van der Waals surface area contributed by atoms with Gasteiger partial charge in [-0.2, -0.15) is 0 Å². The molecule has 0 radical (unpaired) electrons. The monoisotopic (exact) mass is 254 g/mol. The van der Waals surface area contributed by atoms with Gasteiger partial charge in [-0.15, -0.1) is 11.3 Å². The molecule has 0 spiro atoms. The van der Waals surface area contributed by atoms with Crippen LogP contribution >= 0.6 is 43.2 Å². The first-order valence-electron chi connectivity index (χ1n) is 2.12. The summed E-state index contributed by atoms with van der Waals surface area (Å²) in [6, 6.07) is 2.11. The van der Waals surface area contributed by atoms with Crippen LogP contribution < -0.4 is 0 Å². The molecule has 0 aliphatic carbocycles. The molecule has 0 bridgehead atoms. The Morgan fingerprint density at radius 1 is 1.62 bits per heavy atom. The summed E-state index contributed by atoms with van der Waals surface area (Å²) in [5.74, 6) is 0. The fourth-order valence-electron chi connectivity index (χ4n) is 0.416. The molecule has 0 atom stereocenters. The maximum atomic E-state index is 3.37. The van der Waals surface area contributed by atoms with Gasteiger partial charge >= 0.3 is 0 Å². The Kier molecular flexibility index (Phi) is 2.53. The summed E-state index contributed by atoms with van der Waals surface area (Å²) in [6.07, 6.45) is 0. The molecule has 44 valence electrons. The van der Waals surface area contributed by atoms with Crippen molar-refractivity contribution in [3.05, 3.63) is 20.8 Å². The fourth-order valence-corrected chi connectivity index (χ4v) is 2.16. The molecule has 0 unspecified atom stereocenters. The zero-order valence-electron chi connectivity index (χ0n) is 4.03. The van der Waals surface area contributed by atoms with E-state index in [1.54, 1.807) is 11.3 Å². The predicted octanol–water partition coefficient (Wildman–Crippen LogP) is 3.41. The lowest BCUT2D eigenvalue weighted by Gasteiger charge is -1.77. The third-order valence-corrected chi connectivity index (χ3v) is 2.98. The molecule has 0 saturated carbocycles. The van der Waals surface area contributed by atoms with E-state index in [-0.39, 0.29) is 0 Å². The van der Waals surface area contributed by atoms with Crippen LogP contribution in [0, 0.1) is 0 Å². The van der Waals surface area contributed by atoms with E-state index in [2.05, 4.69) is 43.3 Å². The smallest absolute Gasteiger partial charge is 0.0701 e. The van der Waals surface area contributed by atoms with E-state index in [1.807, 2.05) is 0 Å². The van der Waals surface area contributed by atoms with Crippen molar-refractivity contribution in [3.63, 3.8) is 0 Å². The van der Waals surface area contributed by atoms with Crippen LogP contribution in [0.1, 0.15) is 5.56 Å². The van der Waals surface area contributed by atoms with E-state index in [1.165, 1.54) is 9.35 Å². The lowest BCUT2D eigenvalue weighted by Crippen LogP contribution is -1.62. The normalized spacial score (nSPS) is 9.75. The quantitative estimate of drug-likeness (QED) is 0.675. The zero-order chi connectivity index (χ0) is 5.98. The van der Waals surface area contributed by atoms with Crippen molar-refractivity contribution in [3.8, 4) is 0 Å². The molecule has 0 N–H and O–H groups in total. The van der Waals surface area contributed by atoms with Crippen LogP contribution in [0.25, 0.3) is 0 Å². The highest BCUT2D eigenvalue weighted by Gasteiger charge is 1.91. The second-order valence-electron chi connectivity index (χ2n) is 1.39. The number of thiophene rings is 1. The lowest BCUT2D eigenvalue weighted by atomic mass is 10.4. The van der Waals surface area contributed by atoms with Gasteiger partial charge < -0.3 is 0 Å². The first kappa shape index (κ1) is 6.78. The highest BCUT2D eigenvalue weighted by atomic mass is 79.9. The van der Waals surface area contributed by atoms with Crippen molar-refractivity contribution in [2.45, 2.75) is 5.33 Å². The molecule has 1 heterocycles. The fraction of sp³-hybridized carbons (Fsp3) is 0.200. The van der Waals surface area contributed by atoms with Gasteiger partial charge in [0.1, 0.15) is 0 Å². The zero-order valence-corrected chi connectivity index (χ0v) is 8.01. The van der Waals surface area contributed by atoms with Crippen molar-refractivity contribution in [2.75, 3.05) is 0 Å². The number of halogens is 2. The molecule has 0 aliphatic heterocycles. The van der Waals surface area contributed by atoms with Crippen LogP contribution in [-0.2, 0) is 5.33 Å².